The van der Waals surface area contributed by atoms with Gasteiger partial charge in [0.15, 0.2) is 0 Å². The number of hydrogen-bond acceptors (Lipinski definition) is 8. The van der Waals surface area contributed by atoms with Crippen molar-refractivity contribution in [2.45, 2.75) is 25.9 Å². The Morgan fingerprint density at radius 1 is 0.634 bits per heavy atom. The molecule has 11 heteroatoms. The van der Waals surface area contributed by atoms with Gasteiger partial charge in [0.25, 0.3) is 11.4 Å². The zero-order chi connectivity index (χ0) is 29.1. The molecule has 0 saturated carbocycles. The first-order valence-corrected chi connectivity index (χ1v) is 12.3. The summed E-state index contributed by atoms with van der Waals surface area (Å²) >= 11 is 0. The number of phenols is 2. The van der Waals surface area contributed by atoms with E-state index < -0.39 is 9.85 Å². The van der Waals surface area contributed by atoms with Crippen molar-refractivity contribution in [1.29, 1.82) is 0 Å². The molecule has 0 aromatic heterocycles. The zero-order valence-electron chi connectivity index (χ0n) is 22.2. The Hall–Kier alpha value is -4.89. The van der Waals surface area contributed by atoms with Gasteiger partial charge in [-0.15, -0.1) is 0 Å². The van der Waals surface area contributed by atoms with E-state index in [4.69, 9.17) is 0 Å². The summed E-state index contributed by atoms with van der Waals surface area (Å²) in [6.07, 6.45) is 2.92. The Labute approximate surface area is 247 Å². The van der Waals surface area contributed by atoms with Gasteiger partial charge in [-0.05, 0) is 37.1 Å². The Morgan fingerprint density at radius 2 is 0.976 bits per heavy atom. The quantitative estimate of drug-likeness (QED) is 0.0967. The molecule has 0 bridgehead atoms. The molecule has 0 amide bonds. The fourth-order valence-electron chi connectivity index (χ4n) is 3.54. The fourth-order valence-corrected chi connectivity index (χ4v) is 3.54. The number of rotatable bonds is 8. The molecule has 41 heavy (non-hydrogen) atoms. The minimum absolute atomic E-state index is 0. The van der Waals surface area contributed by atoms with Crippen LogP contribution in [0.5, 0.6) is 11.5 Å². The summed E-state index contributed by atoms with van der Waals surface area (Å²) in [6.45, 7) is 3.83. The fraction of sp³-hybridized carbons (Fsp3) is 0.133. The van der Waals surface area contributed by atoms with Crippen LogP contribution in [0.2, 0.25) is 0 Å². The molecule has 4 aromatic carbocycles. The van der Waals surface area contributed by atoms with Crippen molar-refractivity contribution in [2.75, 3.05) is 0 Å². The van der Waals surface area contributed by atoms with E-state index in [1.165, 1.54) is 48.8 Å². The predicted octanol–water partition coefficient (Wildman–Crippen LogP) is 6.96. The van der Waals surface area contributed by atoms with Crippen molar-refractivity contribution < 1.29 is 36.6 Å². The molecule has 0 fully saturated rings. The third-order valence-corrected chi connectivity index (χ3v) is 5.88. The van der Waals surface area contributed by atoms with Crippen molar-refractivity contribution in [3.8, 4) is 11.5 Å². The van der Waals surface area contributed by atoms with E-state index in [1.54, 1.807) is 0 Å². The average Bonchev–Trinajstić information content (AvgIpc) is 2.97. The summed E-state index contributed by atoms with van der Waals surface area (Å²) in [5.74, 6) is -0.0563. The van der Waals surface area contributed by atoms with Crippen molar-refractivity contribution in [2.24, 2.45) is 9.98 Å². The first-order chi connectivity index (χ1) is 19.2. The van der Waals surface area contributed by atoms with Crippen LogP contribution in [-0.4, -0.2) is 32.5 Å². The van der Waals surface area contributed by atoms with E-state index in [2.05, 4.69) is 9.98 Å². The summed E-state index contributed by atoms with van der Waals surface area (Å²) in [5, 5.41) is 40.8. The van der Waals surface area contributed by atoms with Gasteiger partial charge in [-0.1, -0.05) is 60.7 Å². The monoisotopic (exact) mass is 598 g/mol. The van der Waals surface area contributed by atoms with Gasteiger partial charge in [0.2, 0.25) is 0 Å². The van der Waals surface area contributed by atoms with Crippen molar-refractivity contribution in [3.05, 3.63) is 140 Å². The molecule has 0 aliphatic carbocycles. The van der Waals surface area contributed by atoms with Crippen LogP contribution in [0, 0.1) is 20.2 Å². The van der Waals surface area contributed by atoms with Crippen LogP contribution in [0.4, 0.5) is 11.4 Å². The molecule has 0 radical (unpaired) electrons. The second-order valence-electron chi connectivity index (χ2n) is 8.73. The van der Waals surface area contributed by atoms with E-state index in [0.29, 0.717) is 11.1 Å². The van der Waals surface area contributed by atoms with Crippen LogP contribution in [0.15, 0.2) is 107 Å². The summed E-state index contributed by atoms with van der Waals surface area (Å²) in [5.41, 5.74) is 2.60. The molecule has 4 aromatic rings. The number of aromatic hydroxyl groups is 2. The van der Waals surface area contributed by atoms with Crippen molar-refractivity contribution in [3.63, 3.8) is 0 Å². The van der Waals surface area contributed by atoms with Gasteiger partial charge in [0.1, 0.15) is 11.5 Å². The van der Waals surface area contributed by atoms with Crippen molar-refractivity contribution in [1.82, 2.24) is 0 Å². The van der Waals surface area contributed by atoms with Gasteiger partial charge < -0.3 is 10.2 Å². The summed E-state index contributed by atoms with van der Waals surface area (Å²) in [6, 6.07) is 26.9. The molecule has 0 saturated heterocycles. The van der Waals surface area contributed by atoms with Crippen molar-refractivity contribution >= 4 is 23.8 Å². The van der Waals surface area contributed by atoms with E-state index in [1.807, 2.05) is 74.5 Å². The Bertz CT molecular complexity index is 1400. The molecular formula is C30H28N4NiO6. The summed E-state index contributed by atoms with van der Waals surface area (Å²) in [7, 11) is 0. The Kier molecular flexibility index (Phi) is 12.3. The van der Waals surface area contributed by atoms with Gasteiger partial charge >= 0.3 is 0 Å². The molecule has 2 N–H and O–H groups in total. The molecule has 0 heterocycles. The van der Waals surface area contributed by atoms with Gasteiger partial charge in [-0.3, -0.25) is 30.2 Å². The van der Waals surface area contributed by atoms with E-state index in [0.717, 1.165) is 11.1 Å². The second kappa shape index (κ2) is 15.6. The molecule has 10 nitrogen and oxygen atoms in total. The standard InChI is InChI=1S/2C15H14N2O3.Ni/c2*1-11(12-5-3-2-4-6-12)16-10-13-9-14(17(19)20)7-8-15(13)18;/h2*2-11,18H,1H3;. The number of nitro benzene ring substituents is 2. The number of nitro groups is 2. The normalized spacial score (nSPS) is 12.1. The van der Waals surface area contributed by atoms with E-state index in [-0.39, 0.29) is 51.4 Å². The number of phenolic OH excluding ortho intramolecular Hbond substituents is 2. The predicted molar refractivity (Wildman–Crippen MR) is 154 cm³/mol. The molecular weight excluding hydrogens is 571 g/mol. The van der Waals surface area contributed by atoms with E-state index in [9.17, 15) is 30.4 Å². The minimum Gasteiger partial charge on any atom is -0.507 e. The van der Waals surface area contributed by atoms with Crippen LogP contribution in [-0.2, 0) is 16.5 Å². The molecule has 2 atom stereocenters. The third kappa shape index (κ3) is 9.67. The van der Waals surface area contributed by atoms with Crippen LogP contribution >= 0.6 is 0 Å². The molecule has 0 spiro atoms. The smallest absolute Gasteiger partial charge is 0.270 e. The molecule has 214 valence electrons. The molecule has 4 rings (SSSR count). The number of aliphatic imine (C=N–C) groups is 2. The Balaban J connectivity index is 0.000000280. The largest absolute Gasteiger partial charge is 0.507 e. The number of non-ortho nitro benzene ring substituents is 2. The first-order valence-electron chi connectivity index (χ1n) is 12.3. The Morgan fingerprint density at radius 3 is 1.29 bits per heavy atom. The SMILES string of the molecule is CC(N=Cc1cc([N+](=O)[O-])ccc1O)c1ccccc1.CC(N=Cc1cc([N+](=O)[O-])ccc1O)c1ccccc1.[Ni]. The van der Waals surface area contributed by atoms with Gasteiger partial charge in [0, 0.05) is 64.3 Å². The average molecular weight is 599 g/mol. The molecule has 2 unspecified atom stereocenters. The van der Waals surface area contributed by atoms with Gasteiger partial charge in [0.05, 0.1) is 21.9 Å². The minimum atomic E-state index is -0.503. The molecule has 0 aliphatic rings. The topological polar surface area (TPSA) is 151 Å². The van der Waals surface area contributed by atoms with Crippen LogP contribution < -0.4 is 0 Å². The van der Waals surface area contributed by atoms with Crippen LogP contribution in [0.25, 0.3) is 0 Å². The van der Waals surface area contributed by atoms with Crippen LogP contribution in [0.3, 0.4) is 0 Å². The van der Waals surface area contributed by atoms with Gasteiger partial charge in [-0.25, -0.2) is 0 Å². The number of hydrogen-bond donors (Lipinski definition) is 2. The summed E-state index contributed by atoms with van der Waals surface area (Å²) < 4.78 is 0. The summed E-state index contributed by atoms with van der Waals surface area (Å²) in [4.78, 5) is 29.0. The maximum atomic E-state index is 10.7. The van der Waals surface area contributed by atoms with Gasteiger partial charge in [-0.2, -0.15) is 0 Å². The first kappa shape index (κ1) is 32.3. The third-order valence-electron chi connectivity index (χ3n) is 5.88. The maximum Gasteiger partial charge on any atom is 0.270 e. The maximum absolute atomic E-state index is 10.7. The van der Waals surface area contributed by atoms with E-state index >= 15 is 0 Å². The molecule has 0 aliphatic heterocycles. The zero-order valence-corrected chi connectivity index (χ0v) is 23.2. The number of nitrogens with zero attached hydrogens (tertiary/aromatic N) is 4. The number of benzene rings is 4. The second-order valence-corrected chi connectivity index (χ2v) is 8.73. The van der Waals surface area contributed by atoms with Crippen LogP contribution in [0.1, 0.15) is 48.2 Å².